The fourth-order valence-corrected chi connectivity index (χ4v) is 3.74. The van der Waals surface area contributed by atoms with Crippen LogP contribution < -0.4 is 5.11 Å². The summed E-state index contributed by atoms with van der Waals surface area (Å²) in [6.45, 7) is 0. The Kier molecular flexibility index (Phi) is 4.41. The van der Waals surface area contributed by atoms with Gasteiger partial charge >= 0.3 is 6.18 Å². The predicted molar refractivity (Wildman–Crippen MR) is 62.0 cm³/mol. The molecule has 19 heavy (non-hydrogen) atoms. The summed E-state index contributed by atoms with van der Waals surface area (Å²) in [6, 6.07) is 0. The highest BCUT2D eigenvalue weighted by Crippen LogP contribution is 2.45. The van der Waals surface area contributed by atoms with Crippen LogP contribution in [-0.2, 0) is 4.79 Å². The van der Waals surface area contributed by atoms with Crippen molar-refractivity contribution in [2.45, 2.75) is 57.5 Å². The Labute approximate surface area is 111 Å². The molecular weight excluding hydrogens is 257 g/mol. The average Bonchev–Trinajstić information content (AvgIpc) is 2.38. The molecule has 2 saturated carbocycles. The average molecular weight is 277 g/mol. The van der Waals surface area contributed by atoms with Crippen LogP contribution in [0.25, 0.3) is 0 Å². The molecule has 0 saturated heterocycles. The van der Waals surface area contributed by atoms with Gasteiger partial charge in [0, 0.05) is 5.97 Å². The first-order valence-corrected chi connectivity index (χ1v) is 7.15. The molecule has 0 unspecified atom stereocenters. The molecule has 5 heteroatoms. The van der Waals surface area contributed by atoms with Gasteiger partial charge in [0.25, 0.3) is 0 Å². The fourth-order valence-electron chi connectivity index (χ4n) is 3.74. The van der Waals surface area contributed by atoms with Gasteiger partial charge in [0.2, 0.25) is 0 Å². The number of carboxylic acids is 1. The van der Waals surface area contributed by atoms with E-state index in [2.05, 4.69) is 0 Å². The van der Waals surface area contributed by atoms with Crippen LogP contribution in [0.1, 0.15) is 51.4 Å². The highest BCUT2D eigenvalue weighted by molar-refractivity contribution is 5.67. The summed E-state index contributed by atoms with van der Waals surface area (Å²) in [6.07, 6.45) is 0.662. The van der Waals surface area contributed by atoms with E-state index in [1.807, 2.05) is 0 Å². The number of hydrogen-bond acceptors (Lipinski definition) is 2. The summed E-state index contributed by atoms with van der Waals surface area (Å²) in [7, 11) is 0. The molecule has 0 aromatic heterocycles. The van der Waals surface area contributed by atoms with Crippen LogP contribution in [0.15, 0.2) is 0 Å². The Morgan fingerprint density at radius 3 is 1.63 bits per heavy atom. The summed E-state index contributed by atoms with van der Waals surface area (Å²) in [5.41, 5.74) is 0. The molecule has 0 radical (unpaired) electrons. The minimum absolute atomic E-state index is 0.245. The van der Waals surface area contributed by atoms with Crippen molar-refractivity contribution >= 4 is 5.97 Å². The van der Waals surface area contributed by atoms with Crippen molar-refractivity contribution in [1.82, 2.24) is 0 Å². The van der Waals surface area contributed by atoms with Crippen LogP contribution in [-0.4, -0.2) is 12.1 Å². The molecule has 0 bridgehead atoms. The number of carbonyl (C=O) groups excluding carboxylic acids is 1. The van der Waals surface area contributed by atoms with E-state index < -0.39 is 18.1 Å². The van der Waals surface area contributed by atoms with Crippen molar-refractivity contribution in [1.29, 1.82) is 0 Å². The second kappa shape index (κ2) is 5.71. The molecule has 0 aliphatic heterocycles. The molecular formula is C14H20F3O2-. The first kappa shape index (κ1) is 14.7. The molecule has 0 aromatic carbocycles. The third-order valence-corrected chi connectivity index (χ3v) is 5.01. The minimum atomic E-state index is -4.04. The molecule has 2 aliphatic carbocycles. The first-order valence-electron chi connectivity index (χ1n) is 7.15. The molecule has 0 atom stereocenters. The van der Waals surface area contributed by atoms with E-state index >= 15 is 0 Å². The standard InChI is InChI=1S/C14H21F3O2/c15-14(16,17)12-7-5-10(6-8-12)9-1-3-11(4-2-9)13(18)19/h9-12H,1-8H2,(H,18,19)/p-1. The SMILES string of the molecule is O=C([O-])C1CCC(C2CCC(C(F)(F)F)CC2)CC1. The summed E-state index contributed by atoms with van der Waals surface area (Å²) in [5.74, 6) is -1.66. The van der Waals surface area contributed by atoms with Gasteiger partial charge in [-0.05, 0) is 69.1 Å². The van der Waals surface area contributed by atoms with Crippen LogP contribution in [0, 0.1) is 23.7 Å². The third-order valence-electron chi connectivity index (χ3n) is 5.01. The van der Waals surface area contributed by atoms with E-state index in [4.69, 9.17) is 0 Å². The quantitative estimate of drug-likeness (QED) is 0.778. The van der Waals surface area contributed by atoms with Gasteiger partial charge in [-0.25, -0.2) is 0 Å². The number of halogens is 3. The Hall–Kier alpha value is -0.740. The molecule has 2 fully saturated rings. The summed E-state index contributed by atoms with van der Waals surface area (Å²) < 4.78 is 37.7. The molecule has 2 nitrogen and oxygen atoms in total. The maximum Gasteiger partial charge on any atom is 0.391 e. The lowest BCUT2D eigenvalue weighted by molar-refractivity contribution is -0.312. The van der Waals surface area contributed by atoms with Crippen LogP contribution >= 0.6 is 0 Å². The maximum absolute atomic E-state index is 12.6. The normalized spacial score (nSPS) is 37.0. The largest absolute Gasteiger partial charge is 0.550 e. The van der Waals surface area contributed by atoms with Crippen LogP contribution in [0.3, 0.4) is 0 Å². The molecule has 0 spiro atoms. The number of carboxylic acid groups (broad SMARTS) is 1. The highest BCUT2D eigenvalue weighted by Gasteiger charge is 2.42. The van der Waals surface area contributed by atoms with E-state index in [1.54, 1.807) is 0 Å². The number of carbonyl (C=O) groups is 1. The molecule has 0 aromatic rings. The van der Waals surface area contributed by atoms with Crippen molar-refractivity contribution < 1.29 is 23.1 Å². The monoisotopic (exact) mass is 277 g/mol. The minimum Gasteiger partial charge on any atom is -0.550 e. The van der Waals surface area contributed by atoms with E-state index in [0.717, 1.165) is 12.8 Å². The highest BCUT2D eigenvalue weighted by atomic mass is 19.4. The Balaban J connectivity index is 1.78. The van der Waals surface area contributed by atoms with Crippen LogP contribution in [0.2, 0.25) is 0 Å². The van der Waals surface area contributed by atoms with Gasteiger partial charge in [0.1, 0.15) is 0 Å². The molecule has 0 amide bonds. The molecule has 110 valence electrons. The fraction of sp³-hybridized carbons (Fsp3) is 0.929. The summed E-state index contributed by atoms with van der Waals surface area (Å²) in [5, 5.41) is 10.8. The number of hydrogen-bond donors (Lipinski definition) is 0. The Bertz CT molecular complexity index is 311. The Morgan fingerprint density at radius 2 is 1.26 bits per heavy atom. The second-order valence-corrected chi connectivity index (χ2v) is 6.08. The van der Waals surface area contributed by atoms with Crippen molar-refractivity contribution in [2.24, 2.45) is 23.7 Å². The van der Waals surface area contributed by atoms with E-state index in [0.29, 0.717) is 37.5 Å². The zero-order chi connectivity index (χ0) is 14.0. The van der Waals surface area contributed by atoms with Gasteiger partial charge in [0.05, 0.1) is 5.92 Å². The zero-order valence-electron chi connectivity index (χ0n) is 10.9. The maximum atomic E-state index is 12.6. The van der Waals surface area contributed by atoms with E-state index in [9.17, 15) is 23.1 Å². The topological polar surface area (TPSA) is 40.1 Å². The second-order valence-electron chi connectivity index (χ2n) is 6.08. The molecule has 2 rings (SSSR count). The lowest BCUT2D eigenvalue weighted by atomic mass is 9.69. The smallest absolute Gasteiger partial charge is 0.391 e. The van der Waals surface area contributed by atoms with E-state index in [1.165, 1.54) is 0 Å². The van der Waals surface area contributed by atoms with Crippen molar-refractivity contribution in [2.75, 3.05) is 0 Å². The predicted octanol–water partition coefficient (Wildman–Crippen LogP) is 2.91. The first-order chi connectivity index (χ1) is 8.88. The van der Waals surface area contributed by atoms with Crippen molar-refractivity contribution in [3.63, 3.8) is 0 Å². The number of rotatable bonds is 2. The zero-order valence-corrected chi connectivity index (χ0v) is 10.9. The van der Waals surface area contributed by atoms with Gasteiger partial charge in [-0.15, -0.1) is 0 Å². The van der Waals surface area contributed by atoms with E-state index in [-0.39, 0.29) is 18.8 Å². The van der Waals surface area contributed by atoms with Crippen LogP contribution in [0.5, 0.6) is 0 Å². The van der Waals surface area contributed by atoms with Gasteiger partial charge < -0.3 is 9.90 Å². The summed E-state index contributed by atoms with van der Waals surface area (Å²) >= 11 is 0. The van der Waals surface area contributed by atoms with Gasteiger partial charge in [-0.3, -0.25) is 0 Å². The number of aliphatic carboxylic acids is 1. The lowest BCUT2D eigenvalue weighted by Gasteiger charge is -2.38. The number of alkyl halides is 3. The molecule has 2 aliphatic rings. The van der Waals surface area contributed by atoms with Gasteiger partial charge in [-0.2, -0.15) is 13.2 Å². The molecule has 0 heterocycles. The third kappa shape index (κ3) is 3.63. The summed E-state index contributed by atoms with van der Waals surface area (Å²) in [4.78, 5) is 10.8. The van der Waals surface area contributed by atoms with Crippen molar-refractivity contribution in [3.05, 3.63) is 0 Å². The van der Waals surface area contributed by atoms with Gasteiger partial charge in [-0.1, -0.05) is 0 Å². The lowest BCUT2D eigenvalue weighted by Crippen LogP contribution is -2.36. The van der Waals surface area contributed by atoms with Crippen LogP contribution in [0.4, 0.5) is 13.2 Å². The Morgan fingerprint density at radius 1 is 0.842 bits per heavy atom. The van der Waals surface area contributed by atoms with Crippen molar-refractivity contribution in [3.8, 4) is 0 Å². The molecule has 0 N–H and O–H groups in total. The van der Waals surface area contributed by atoms with Gasteiger partial charge in [0.15, 0.2) is 0 Å².